The molecule has 1 saturated heterocycles. The second-order valence-electron chi connectivity index (χ2n) is 7.61. The number of tetrazole rings is 1. The molecule has 25 heavy (non-hydrogen) atoms. The predicted octanol–water partition coefficient (Wildman–Crippen LogP) is 3.26. The first kappa shape index (κ1) is 18.3. The highest BCUT2D eigenvalue weighted by atomic mass is 35.5. The van der Waals surface area contributed by atoms with Crippen molar-refractivity contribution in [3.8, 4) is 0 Å². The largest absolute Gasteiger partial charge is 0.377 e. The number of nitrogens with zero attached hydrogens (tertiary/aromatic N) is 5. The van der Waals surface area contributed by atoms with Crippen LogP contribution in [0.1, 0.15) is 45.0 Å². The summed E-state index contributed by atoms with van der Waals surface area (Å²) in [7, 11) is 0. The molecule has 1 aliphatic rings. The summed E-state index contributed by atoms with van der Waals surface area (Å²) in [6.45, 7) is 9.56. The first-order valence-electron chi connectivity index (χ1n) is 8.78. The minimum Gasteiger partial charge on any atom is -0.377 e. The Morgan fingerprint density at radius 3 is 2.64 bits per heavy atom. The van der Waals surface area contributed by atoms with Crippen molar-refractivity contribution in [2.75, 3.05) is 13.2 Å². The van der Waals surface area contributed by atoms with Gasteiger partial charge in [-0.25, -0.2) is 4.68 Å². The molecule has 1 atom stereocenters. The smallest absolute Gasteiger partial charge is 0.165 e. The van der Waals surface area contributed by atoms with Crippen LogP contribution in [0.2, 0.25) is 5.02 Å². The van der Waals surface area contributed by atoms with Gasteiger partial charge in [0.1, 0.15) is 0 Å². The lowest BCUT2D eigenvalue weighted by molar-refractivity contribution is 0.0659. The van der Waals surface area contributed by atoms with Crippen molar-refractivity contribution >= 4 is 11.6 Å². The van der Waals surface area contributed by atoms with Crippen molar-refractivity contribution in [3.63, 3.8) is 0 Å². The molecule has 0 spiro atoms. The topological polar surface area (TPSA) is 56.1 Å². The summed E-state index contributed by atoms with van der Waals surface area (Å²) in [5, 5.41) is 13.1. The summed E-state index contributed by atoms with van der Waals surface area (Å²) in [6.07, 6.45) is 2.53. The molecule has 1 aliphatic heterocycles. The van der Waals surface area contributed by atoms with Crippen molar-refractivity contribution < 1.29 is 4.74 Å². The maximum Gasteiger partial charge on any atom is 0.165 e. The van der Waals surface area contributed by atoms with Gasteiger partial charge in [-0.05, 0) is 61.7 Å². The fourth-order valence-corrected chi connectivity index (χ4v) is 3.26. The van der Waals surface area contributed by atoms with Crippen LogP contribution in [-0.2, 0) is 23.4 Å². The van der Waals surface area contributed by atoms with Crippen LogP contribution in [0.4, 0.5) is 0 Å². The fourth-order valence-electron chi connectivity index (χ4n) is 3.13. The Kier molecular flexibility index (Phi) is 5.71. The van der Waals surface area contributed by atoms with Crippen LogP contribution >= 0.6 is 11.6 Å². The van der Waals surface area contributed by atoms with Crippen LogP contribution in [-0.4, -0.2) is 44.4 Å². The highest BCUT2D eigenvalue weighted by Gasteiger charge is 2.24. The Hall–Kier alpha value is -1.50. The van der Waals surface area contributed by atoms with E-state index in [1.54, 1.807) is 0 Å². The van der Waals surface area contributed by atoms with Gasteiger partial charge in [0, 0.05) is 24.7 Å². The first-order chi connectivity index (χ1) is 11.9. The molecule has 1 fully saturated rings. The fraction of sp³-hybridized carbons (Fsp3) is 0.611. The Balaban J connectivity index is 1.76. The number of rotatable bonds is 6. The van der Waals surface area contributed by atoms with Crippen LogP contribution in [0, 0.1) is 0 Å². The van der Waals surface area contributed by atoms with Gasteiger partial charge < -0.3 is 4.74 Å². The van der Waals surface area contributed by atoms with E-state index >= 15 is 0 Å². The van der Waals surface area contributed by atoms with Gasteiger partial charge in [-0.1, -0.05) is 23.7 Å². The molecule has 0 radical (unpaired) electrons. The zero-order chi connectivity index (χ0) is 17.9. The third-order valence-corrected chi connectivity index (χ3v) is 4.59. The van der Waals surface area contributed by atoms with Gasteiger partial charge in [-0.2, -0.15) is 0 Å². The van der Waals surface area contributed by atoms with Crippen LogP contribution < -0.4 is 0 Å². The number of aromatic nitrogens is 4. The highest BCUT2D eigenvalue weighted by Crippen LogP contribution is 2.19. The second-order valence-corrected chi connectivity index (χ2v) is 8.05. The molecule has 0 amide bonds. The van der Waals surface area contributed by atoms with Crippen LogP contribution in [0.3, 0.4) is 0 Å². The van der Waals surface area contributed by atoms with E-state index in [9.17, 15) is 0 Å². The molecule has 3 rings (SSSR count). The zero-order valence-corrected chi connectivity index (χ0v) is 15.9. The molecular weight excluding hydrogens is 338 g/mol. The number of hydrogen-bond donors (Lipinski definition) is 0. The normalized spacial score (nSPS) is 18.2. The predicted molar refractivity (Wildman–Crippen MR) is 97.4 cm³/mol. The molecule has 0 aliphatic carbocycles. The van der Waals surface area contributed by atoms with Crippen LogP contribution in [0.25, 0.3) is 0 Å². The summed E-state index contributed by atoms with van der Waals surface area (Å²) in [6, 6.07) is 8.00. The number of ether oxygens (including phenoxy) is 1. The lowest BCUT2D eigenvalue weighted by atomic mass is 10.1. The average Bonchev–Trinajstić information content (AvgIpc) is 3.20. The van der Waals surface area contributed by atoms with Crippen molar-refractivity contribution in [3.05, 3.63) is 40.7 Å². The van der Waals surface area contributed by atoms with Crippen molar-refractivity contribution in [2.24, 2.45) is 0 Å². The van der Waals surface area contributed by atoms with Crippen LogP contribution in [0.5, 0.6) is 0 Å². The summed E-state index contributed by atoms with van der Waals surface area (Å²) in [5.41, 5.74) is 1.08. The minimum absolute atomic E-state index is 0.144. The Labute approximate surface area is 154 Å². The molecule has 0 N–H and O–H groups in total. The molecule has 1 aromatic carbocycles. The molecule has 1 aromatic heterocycles. The monoisotopic (exact) mass is 363 g/mol. The number of halogens is 1. The average molecular weight is 364 g/mol. The van der Waals surface area contributed by atoms with E-state index in [2.05, 4.69) is 53.3 Å². The van der Waals surface area contributed by atoms with Crippen molar-refractivity contribution in [1.29, 1.82) is 0 Å². The van der Waals surface area contributed by atoms with E-state index in [0.717, 1.165) is 43.4 Å². The highest BCUT2D eigenvalue weighted by molar-refractivity contribution is 6.30. The van der Waals surface area contributed by atoms with Gasteiger partial charge in [0.25, 0.3) is 0 Å². The van der Waals surface area contributed by atoms with Gasteiger partial charge in [-0.15, -0.1) is 5.10 Å². The van der Waals surface area contributed by atoms with Crippen molar-refractivity contribution in [2.45, 2.75) is 58.3 Å². The summed E-state index contributed by atoms with van der Waals surface area (Å²) < 4.78 is 7.74. The zero-order valence-electron chi connectivity index (χ0n) is 15.2. The molecule has 136 valence electrons. The molecule has 7 heteroatoms. The summed E-state index contributed by atoms with van der Waals surface area (Å²) >= 11 is 6.01. The number of benzene rings is 1. The van der Waals surface area contributed by atoms with Gasteiger partial charge >= 0.3 is 0 Å². The van der Waals surface area contributed by atoms with E-state index in [0.29, 0.717) is 6.54 Å². The Bertz CT molecular complexity index is 674. The minimum atomic E-state index is -0.144. The maximum absolute atomic E-state index is 6.01. The third-order valence-electron chi connectivity index (χ3n) is 4.34. The van der Waals surface area contributed by atoms with Gasteiger partial charge in [0.15, 0.2) is 5.82 Å². The van der Waals surface area contributed by atoms with E-state index < -0.39 is 0 Å². The lowest BCUT2D eigenvalue weighted by Crippen LogP contribution is -2.34. The quantitative estimate of drug-likeness (QED) is 0.788. The van der Waals surface area contributed by atoms with E-state index in [1.807, 2.05) is 16.8 Å². The Morgan fingerprint density at radius 1 is 1.24 bits per heavy atom. The van der Waals surface area contributed by atoms with Gasteiger partial charge in [0.05, 0.1) is 18.2 Å². The molecule has 2 heterocycles. The van der Waals surface area contributed by atoms with Gasteiger partial charge in [-0.3, -0.25) is 4.90 Å². The van der Waals surface area contributed by atoms with Crippen LogP contribution in [0.15, 0.2) is 24.3 Å². The van der Waals surface area contributed by atoms with E-state index in [4.69, 9.17) is 16.3 Å². The maximum atomic E-state index is 6.01. The van der Waals surface area contributed by atoms with Crippen molar-refractivity contribution in [1.82, 2.24) is 25.1 Å². The summed E-state index contributed by atoms with van der Waals surface area (Å²) in [4.78, 5) is 2.35. The molecular formula is C18H26ClN5O. The molecule has 0 saturated carbocycles. The second kappa shape index (κ2) is 7.81. The lowest BCUT2D eigenvalue weighted by Gasteiger charge is -2.27. The SMILES string of the molecule is CC(C)(C)n1nnnc1CN(Cc1ccc(Cl)cc1)C[C@H]1CCCO1. The molecule has 0 unspecified atom stereocenters. The standard InChI is InChI=1S/C18H26ClN5O/c1-18(2,3)24-17(20-21-22-24)13-23(12-16-5-4-10-25-16)11-14-6-8-15(19)9-7-14/h6-9,16H,4-5,10-13H2,1-3H3/t16-/m1/s1. The number of hydrogen-bond acceptors (Lipinski definition) is 5. The molecule has 0 bridgehead atoms. The molecule has 6 nitrogen and oxygen atoms in total. The van der Waals surface area contributed by atoms with E-state index in [1.165, 1.54) is 5.56 Å². The van der Waals surface area contributed by atoms with Gasteiger partial charge in [0.2, 0.25) is 0 Å². The first-order valence-corrected chi connectivity index (χ1v) is 9.16. The third kappa shape index (κ3) is 5.00. The Morgan fingerprint density at radius 2 is 2.00 bits per heavy atom. The summed E-state index contributed by atoms with van der Waals surface area (Å²) in [5.74, 6) is 0.875. The molecule has 2 aromatic rings. The van der Waals surface area contributed by atoms with E-state index in [-0.39, 0.29) is 11.6 Å².